The zero-order chi connectivity index (χ0) is 22.0. The SMILES string of the molecule is O=C(/C=C/c1ccc(OCc2ccccc2)cc1)Nc1ccc(N2CCCCCC2)cn1. The number of anilines is 2. The van der Waals surface area contributed by atoms with Gasteiger partial charge in [0.1, 0.15) is 18.2 Å². The molecule has 5 nitrogen and oxygen atoms in total. The normalized spacial score (nSPS) is 14.2. The van der Waals surface area contributed by atoms with E-state index in [1.807, 2.05) is 72.9 Å². The van der Waals surface area contributed by atoms with Crippen LogP contribution in [0.3, 0.4) is 0 Å². The van der Waals surface area contributed by atoms with Crippen LogP contribution in [0.5, 0.6) is 5.75 Å². The average molecular weight is 428 g/mol. The Hall–Kier alpha value is -3.60. The summed E-state index contributed by atoms with van der Waals surface area (Å²) in [5.41, 5.74) is 3.17. The van der Waals surface area contributed by atoms with Crippen LogP contribution in [0.15, 0.2) is 79.0 Å². The smallest absolute Gasteiger partial charge is 0.249 e. The second-order valence-electron chi connectivity index (χ2n) is 7.97. The highest BCUT2D eigenvalue weighted by Crippen LogP contribution is 2.20. The molecule has 1 N–H and O–H groups in total. The predicted molar refractivity (Wildman–Crippen MR) is 130 cm³/mol. The van der Waals surface area contributed by atoms with E-state index in [0.717, 1.165) is 35.7 Å². The molecule has 3 aromatic rings. The Bertz CT molecular complexity index is 1010. The molecule has 0 bridgehead atoms. The van der Waals surface area contributed by atoms with Crippen LogP contribution < -0.4 is 15.0 Å². The van der Waals surface area contributed by atoms with E-state index in [-0.39, 0.29) is 5.91 Å². The van der Waals surface area contributed by atoms with E-state index in [9.17, 15) is 4.79 Å². The van der Waals surface area contributed by atoms with Gasteiger partial charge >= 0.3 is 0 Å². The molecule has 1 amide bonds. The number of carbonyl (C=O) groups excluding carboxylic acids is 1. The number of nitrogens with one attached hydrogen (secondary N) is 1. The lowest BCUT2D eigenvalue weighted by molar-refractivity contribution is -0.111. The fourth-order valence-electron chi connectivity index (χ4n) is 3.73. The van der Waals surface area contributed by atoms with Crippen LogP contribution in [0, 0.1) is 0 Å². The molecule has 0 radical (unpaired) electrons. The van der Waals surface area contributed by atoms with Crippen molar-refractivity contribution < 1.29 is 9.53 Å². The molecule has 0 saturated carbocycles. The fraction of sp³-hybridized carbons (Fsp3) is 0.259. The fourth-order valence-corrected chi connectivity index (χ4v) is 3.73. The lowest BCUT2D eigenvalue weighted by atomic mass is 10.2. The van der Waals surface area contributed by atoms with Gasteiger partial charge in [0, 0.05) is 19.2 Å². The molecule has 0 unspecified atom stereocenters. The Morgan fingerprint density at radius 1 is 0.938 bits per heavy atom. The Labute approximate surface area is 189 Å². The molecule has 0 spiro atoms. The molecule has 1 fully saturated rings. The molecule has 164 valence electrons. The zero-order valence-electron chi connectivity index (χ0n) is 18.2. The Morgan fingerprint density at radius 3 is 2.38 bits per heavy atom. The minimum absolute atomic E-state index is 0.204. The van der Waals surface area contributed by atoms with Gasteiger partial charge in [0.2, 0.25) is 5.91 Å². The van der Waals surface area contributed by atoms with Crippen LogP contribution in [-0.2, 0) is 11.4 Å². The molecule has 1 aromatic heterocycles. The predicted octanol–water partition coefficient (Wildman–Crippen LogP) is 5.69. The Morgan fingerprint density at radius 2 is 1.69 bits per heavy atom. The monoisotopic (exact) mass is 427 g/mol. The highest BCUT2D eigenvalue weighted by molar-refractivity contribution is 6.01. The summed E-state index contributed by atoms with van der Waals surface area (Å²) < 4.78 is 5.80. The van der Waals surface area contributed by atoms with Crippen molar-refractivity contribution in [3.8, 4) is 5.75 Å². The average Bonchev–Trinajstić information content (AvgIpc) is 3.13. The number of hydrogen-bond acceptors (Lipinski definition) is 4. The van der Waals surface area contributed by atoms with E-state index in [1.54, 1.807) is 6.08 Å². The molecular formula is C27H29N3O2. The van der Waals surface area contributed by atoms with Crippen molar-refractivity contribution in [3.05, 3.63) is 90.1 Å². The third kappa shape index (κ3) is 6.45. The first-order chi connectivity index (χ1) is 15.8. The summed E-state index contributed by atoms with van der Waals surface area (Å²) in [4.78, 5) is 19.1. The first kappa shape index (κ1) is 21.6. The lowest BCUT2D eigenvalue weighted by Gasteiger charge is -2.22. The van der Waals surface area contributed by atoms with Gasteiger partial charge in [0.05, 0.1) is 11.9 Å². The minimum atomic E-state index is -0.204. The second-order valence-corrected chi connectivity index (χ2v) is 7.97. The highest BCUT2D eigenvalue weighted by atomic mass is 16.5. The maximum atomic E-state index is 12.3. The van der Waals surface area contributed by atoms with Gasteiger partial charge in [-0.2, -0.15) is 0 Å². The first-order valence-corrected chi connectivity index (χ1v) is 11.2. The van der Waals surface area contributed by atoms with Gasteiger partial charge in [-0.05, 0) is 54.3 Å². The molecule has 32 heavy (non-hydrogen) atoms. The summed E-state index contributed by atoms with van der Waals surface area (Å²) in [6, 6.07) is 21.6. The van der Waals surface area contributed by atoms with Crippen LogP contribution in [0.2, 0.25) is 0 Å². The number of aromatic nitrogens is 1. The molecule has 4 rings (SSSR count). The van der Waals surface area contributed by atoms with E-state index in [2.05, 4.69) is 15.2 Å². The second kappa shape index (κ2) is 11.1. The van der Waals surface area contributed by atoms with E-state index in [0.29, 0.717) is 12.4 Å². The minimum Gasteiger partial charge on any atom is -0.489 e. The van der Waals surface area contributed by atoms with Crippen molar-refractivity contribution in [2.45, 2.75) is 32.3 Å². The highest BCUT2D eigenvalue weighted by Gasteiger charge is 2.10. The molecule has 0 aliphatic carbocycles. The standard InChI is InChI=1S/C27H29N3O2/c31-27(29-26-16-13-24(20-28-26)30-18-6-1-2-7-19-30)17-12-22-10-14-25(15-11-22)32-21-23-8-4-3-5-9-23/h3-5,8-17,20H,1-2,6-7,18-19,21H2,(H,28,29,31)/b17-12+. The number of benzene rings is 2. The molecule has 1 aliphatic heterocycles. The third-order valence-electron chi connectivity index (χ3n) is 5.53. The van der Waals surface area contributed by atoms with Gasteiger partial charge in [-0.3, -0.25) is 4.79 Å². The van der Waals surface area contributed by atoms with Crippen LogP contribution in [0.25, 0.3) is 6.08 Å². The van der Waals surface area contributed by atoms with Crippen molar-refractivity contribution in [3.63, 3.8) is 0 Å². The lowest BCUT2D eigenvalue weighted by Crippen LogP contribution is -2.24. The Balaban J connectivity index is 1.26. The van der Waals surface area contributed by atoms with Crippen LogP contribution in [-0.4, -0.2) is 24.0 Å². The number of pyridine rings is 1. The van der Waals surface area contributed by atoms with Gasteiger partial charge in [0.15, 0.2) is 0 Å². The van der Waals surface area contributed by atoms with Crippen LogP contribution in [0.4, 0.5) is 11.5 Å². The van der Waals surface area contributed by atoms with Gasteiger partial charge in [-0.25, -0.2) is 4.98 Å². The van der Waals surface area contributed by atoms with Crippen LogP contribution in [0.1, 0.15) is 36.8 Å². The van der Waals surface area contributed by atoms with Gasteiger partial charge in [0.25, 0.3) is 0 Å². The maximum Gasteiger partial charge on any atom is 0.249 e. The zero-order valence-corrected chi connectivity index (χ0v) is 18.2. The summed E-state index contributed by atoms with van der Waals surface area (Å²) in [6.45, 7) is 2.68. The number of hydrogen-bond donors (Lipinski definition) is 1. The third-order valence-corrected chi connectivity index (χ3v) is 5.53. The molecule has 2 aromatic carbocycles. The number of carbonyl (C=O) groups is 1. The molecule has 1 saturated heterocycles. The van der Waals surface area contributed by atoms with E-state index >= 15 is 0 Å². The van der Waals surface area contributed by atoms with E-state index in [1.165, 1.54) is 31.8 Å². The number of rotatable bonds is 7. The maximum absolute atomic E-state index is 12.3. The van der Waals surface area contributed by atoms with E-state index in [4.69, 9.17) is 4.74 Å². The summed E-state index contributed by atoms with van der Waals surface area (Å²) in [5, 5.41) is 2.82. The first-order valence-electron chi connectivity index (χ1n) is 11.2. The molecule has 0 atom stereocenters. The molecular weight excluding hydrogens is 398 g/mol. The molecule has 2 heterocycles. The van der Waals surface area contributed by atoms with Crippen LogP contribution >= 0.6 is 0 Å². The van der Waals surface area contributed by atoms with Gasteiger partial charge < -0.3 is 15.0 Å². The van der Waals surface area contributed by atoms with Crippen molar-refractivity contribution in [1.29, 1.82) is 0 Å². The summed E-state index contributed by atoms with van der Waals surface area (Å²) >= 11 is 0. The topological polar surface area (TPSA) is 54.5 Å². The van der Waals surface area contributed by atoms with Crippen molar-refractivity contribution in [2.24, 2.45) is 0 Å². The van der Waals surface area contributed by atoms with Gasteiger partial charge in [-0.1, -0.05) is 55.3 Å². The summed E-state index contributed by atoms with van der Waals surface area (Å²) in [7, 11) is 0. The number of nitrogens with zero attached hydrogens (tertiary/aromatic N) is 2. The van der Waals surface area contributed by atoms with Crippen molar-refractivity contribution >= 4 is 23.5 Å². The Kier molecular flexibility index (Phi) is 7.53. The van der Waals surface area contributed by atoms with E-state index < -0.39 is 0 Å². The largest absolute Gasteiger partial charge is 0.489 e. The van der Waals surface area contributed by atoms with Crippen molar-refractivity contribution in [2.75, 3.05) is 23.3 Å². The van der Waals surface area contributed by atoms with Crippen molar-refractivity contribution in [1.82, 2.24) is 4.98 Å². The van der Waals surface area contributed by atoms with Gasteiger partial charge in [-0.15, -0.1) is 0 Å². The number of ether oxygens (including phenoxy) is 1. The quantitative estimate of drug-likeness (QED) is 0.492. The summed E-state index contributed by atoms with van der Waals surface area (Å²) in [6.07, 6.45) is 10.2. The summed E-state index contributed by atoms with van der Waals surface area (Å²) in [5.74, 6) is 1.15. The molecule has 5 heteroatoms. The molecule has 1 aliphatic rings. The number of amides is 1.